The molecule has 0 N–H and O–H groups in total. The van der Waals surface area contributed by atoms with E-state index in [0.717, 1.165) is 61.3 Å². The van der Waals surface area contributed by atoms with Gasteiger partial charge in [-0.25, -0.2) is 0 Å². The van der Waals surface area contributed by atoms with Crippen molar-refractivity contribution in [3.05, 3.63) is 167 Å². The fourth-order valence-corrected chi connectivity index (χ4v) is 13.0. The van der Waals surface area contributed by atoms with Crippen molar-refractivity contribution in [2.75, 3.05) is 0 Å². The first kappa shape index (κ1) is 38.2. The van der Waals surface area contributed by atoms with Crippen LogP contribution in [0.15, 0.2) is 138 Å². The molecule has 0 saturated carbocycles. The predicted octanol–water partition coefficient (Wildman–Crippen LogP) is 13.9. The summed E-state index contributed by atoms with van der Waals surface area (Å²) in [5, 5.41) is 8.41. The molecule has 0 radical (unpaired) electrons. The lowest BCUT2D eigenvalue weighted by Gasteiger charge is -2.27. The maximum atomic E-state index is 10.1. The number of benzene rings is 7. The van der Waals surface area contributed by atoms with Crippen molar-refractivity contribution in [2.24, 2.45) is 5.92 Å². The molecule has 0 amide bonds. The fourth-order valence-electron chi connectivity index (χ4n) is 11.4. The molecule has 12 rings (SSSR count). The molecule has 2 unspecified atom stereocenters. The van der Waals surface area contributed by atoms with Gasteiger partial charge in [0.15, 0.2) is 22.8 Å². The first-order valence-electron chi connectivity index (χ1n) is 23.6. The molecule has 64 heavy (non-hydrogen) atoms. The Morgan fingerprint density at radius 3 is 2.19 bits per heavy atom. The summed E-state index contributed by atoms with van der Waals surface area (Å²) in [5.74, 6) is 0.413. The second kappa shape index (κ2) is 13.1. The molecule has 0 saturated heterocycles. The van der Waals surface area contributed by atoms with Crippen LogP contribution in [-0.2, 0) is 11.1 Å². The van der Waals surface area contributed by atoms with Crippen LogP contribution in [0.5, 0.6) is 0 Å². The van der Waals surface area contributed by atoms with Gasteiger partial charge in [0.1, 0.15) is 16.8 Å². The van der Waals surface area contributed by atoms with Gasteiger partial charge in [0.25, 0.3) is 0 Å². The van der Waals surface area contributed by atoms with Crippen molar-refractivity contribution >= 4 is 67.8 Å². The van der Waals surface area contributed by atoms with Crippen LogP contribution in [-0.4, -0.2) is 12.6 Å². The van der Waals surface area contributed by atoms with Crippen LogP contribution in [0.1, 0.15) is 82.2 Å². The zero-order chi connectivity index (χ0) is 45.3. The van der Waals surface area contributed by atoms with Crippen LogP contribution in [0.2, 0.25) is 19.6 Å². The lowest BCUT2D eigenvalue weighted by atomic mass is 9.82. The van der Waals surface area contributed by atoms with Crippen LogP contribution in [0, 0.1) is 19.8 Å². The van der Waals surface area contributed by atoms with E-state index < -0.39 is 19.6 Å². The van der Waals surface area contributed by atoms with Gasteiger partial charge in [-0.1, -0.05) is 140 Å². The highest BCUT2D eigenvalue weighted by molar-refractivity contribution is 6.89. The number of nitrogens with zero attached hydrogens (tertiary/aromatic N) is 3. The van der Waals surface area contributed by atoms with Gasteiger partial charge in [-0.2, -0.15) is 4.57 Å². The molecule has 2 atom stereocenters. The second-order valence-electron chi connectivity index (χ2n) is 21.2. The molecule has 1 spiro atoms. The third-order valence-electron chi connectivity index (χ3n) is 14.8. The molecule has 2 aliphatic rings. The van der Waals surface area contributed by atoms with Crippen molar-refractivity contribution in [1.29, 1.82) is 0 Å². The maximum Gasteiger partial charge on any atom is 0.364 e. The number of rotatable bonds is 4. The third-order valence-corrected chi connectivity index (χ3v) is 16.9. The Kier molecular flexibility index (Phi) is 7.84. The van der Waals surface area contributed by atoms with Crippen LogP contribution >= 0.6 is 0 Å². The van der Waals surface area contributed by atoms with Gasteiger partial charge >= 0.3 is 11.5 Å². The Morgan fingerprint density at radius 1 is 0.734 bits per heavy atom. The summed E-state index contributed by atoms with van der Waals surface area (Å²) in [7, 11) is -2.10. The van der Waals surface area contributed by atoms with Gasteiger partial charge < -0.3 is 4.42 Å². The molecule has 316 valence electrons. The Balaban J connectivity index is 1.38. The Hall–Kier alpha value is -6.30. The average Bonchev–Trinajstić information content (AvgIpc) is 3.97. The molecule has 2 aliphatic heterocycles. The fraction of sp³-hybridized carbons (Fsp3) is 0.254. The summed E-state index contributed by atoms with van der Waals surface area (Å²) in [6.07, 6.45) is 2.51. The summed E-state index contributed by atoms with van der Waals surface area (Å²) >= 11 is 0. The minimum Gasteiger partial charge on any atom is -0.455 e. The van der Waals surface area contributed by atoms with E-state index in [4.69, 9.17) is 4.42 Å². The van der Waals surface area contributed by atoms with E-state index in [1.807, 2.05) is 0 Å². The zero-order valence-electron chi connectivity index (χ0n) is 40.0. The zero-order valence-corrected chi connectivity index (χ0v) is 40.0. The van der Waals surface area contributed by atoms with Crippen molar-refractivity contribution in [1.82, 2.24) is 4.57 Å². The van der Waals surface area contributed by atoms with Gasteiger partial charge in [-0.3, -0.25) is 0 Å². The minimum atomic E-state index is -2.10. The molecule has 0 bridgehead atoms. The van der Waals surface area contributed by atoms with E-state index in [0.29, 0.717) is 0 Å². The number of aryl methyl sites for hydroxylation is 2. The number of hydrogen-bond donors (Lipinski definition) is 0. The molecule has 7 aromatic carbocycles. The Morgan fingerprint density at radius 2 is 1.45 bits per heavy atom. The first-order valence-corrected chi connectivity index (χ1v) is 26.6. The van der Waals surface area contributed by atoms with Gasteiger partial charge in [0, 0.05) is 28.8 Å². The quantitative estimate of drug-likeness (QED) is 0.128. The molecular weight excluding hydrogens is 795 g/mol. The summed E-state index contributed by atoms with van der Waals surface area (Å²) in [5.41, 5.74) is 15.0. The molecule has 0 aliphatic carbocycles. The summed E-state index contributed by atoms with van der Waals surface area (Å²) in [6.45, 7) is 25.3. The van der Waals surface area contributed by atoms with Crippen LogP contribution in [0.25, 0.3) is 82.8 Å². The van der Waals surface area contributed by atoms with Crippen LogP contribution < -0.4 is 14.3 Å². The van der Waals surface area contributed by atoms with E-state index in [1.54, 1.807) is 0 Å². The molecule has 10 aromatic rings. The van der Waals surface area contributed by atoms with Gasteiger partial charge in [-0.05, 0) is 112 Å². The Bertz CT molecular complexity index is 3720. The highest BCUT2D eigenvalue weighted by Crippen LogP contribution is 2.54. The van der Waals surface area contributed by atoms with Crippen LogP contribution in [0.4, 0.5) is 0 Å². The van der Waals surface area contributed by atoms with Gasteiger partial charge in [0.2, 0.25) is 5.69 Å². The smallest absolute Gasteiger partial charge is 0.364 e. The van der Waals surface area contributed by atoms with E-state index in [2.05, 4.69) is 222 Å². The number of fused-ring (bicyclic) bond motifs is 18. The summed E-state index contributed by atoms with van der Waals surface area (Å²) in [6, 6.07) is 48.1. The molecule has 3 aromatic heterocycles. The highest BCUT2D eigenvalue weighted by Gasteiger charge is 2.67. The first-order chi connectivity index (χ1) is 30.9. The normalized spacial score (nSPS) is 16.9. The Labute approximate surface area is 378 Å². The molecule has 5 heterocycles. The molecule has 0 fully saturated rings. The second-order valence-corrected chi connectivity index (χ2v) is 26.3. The van der Waals surface area contributed by atoms with Crippen molar-refractivity contribution < 1.29 is 14.9 Å². The number of hydrogen-bond acceptors (Lipinski definition) is 1. The van der Waals surface area contributed by atoms with E-state index in [1.165, 1.54) is 60.1 Å². The highest BCUT2D eigenvalue weighted by atomic mass is 28.3. The number of aromatic nitrogens is 3. The van der Waals surface area contributed by atoms with Gasteiger partial charge in [0.05, 0.1) is 24.8 Å². The lowest BCUT2D eigenvalue weighted by molar-refractivity contribution is -0.944. The van der Waals surface area contributed by atoms with E-state index >= 15 is 0 Å². The topological polar surface area (TPSA) is 25.8 Å². The number of furan rings is 1. The number of pyridine rings is 1. The maximum absolute atomic E-state index is 10.1. The van der Waals surface area contributed by atoms with Crippen LogP contribution in [0.3, 0.4) is 0 Å². The van der Waals surface area contributed by atoms with Crippen molar-refractivity contribution in [3.63, 3.8) is 0 Å². The largest absolute Gasteiger partial charge is 0.455 e. The standard InChI is InChI=1S/C59H57N3OSi/c1-34(2)37(5)44-32-49-45-31-41(58(6,7)8)24-26-46(45)59(60(49)33-53(44)64(9,10)11)47-28-36(4)54-43-25-23-35(3)27-52(43)63-56(54)55(47)57-61(48-22-16-20-38-17-14-15-21-42(38)48)50-29-39-18-12-13-19-40(39)30-51(50)62(57)59/h12-34,37H,1-11H3/q+2/i37D. The van der Waals surface area contributed by atoms with Crippen molar-refractivity contribution in [3.8, 4) is 28.3 Å². The van der Waals surface area contributed by atoms with E-state index in [-0.39, 0.29) is 11.3 Å². The molecule has 5 heteroatoms. The third kappa shape index (κ3) is 5.16. The van der Waals surface area contributed by atoms with E-state index in [9.17, 15) is 1.37 Å². The monoisotopic (exact) mass is 852 g/mol. The minimum absolute atomic E-state index is 0.0804. The predicted molar refractivity (Wildman–Crippen MR) is 269 cm³/mol. The summed E-state index contributed by atoms with van der Waals surface area (Å²) < 4.78 is 25.3. The molecular formula is C59H57N3OSi+2. The number of imidazole rings is 1. The van der Waals surface area contributed by atoms with Gasteiger partial charge in [-0.15, -0.1) is 9.13 Å². The SMILES string of the molecule is [2H]C(C)(c1cc2[n+](cc1[Si](C)(C)C)C1(c3ccc(C(C)(C)C)cc3-2)c2cc(C)c3c(oc4cc(C)ccc43)c2-c2n(-c3cccc4ccccc34)c3cc4ccccc4cc3[n+]21)C(C)C. The average molecular weight is 853 g/mol. The molecule has 4 nitrogen and oxygen atoms in total. The summed E-state index contributed by atoms with van der Waals surface area (Å²) in [4.78, 5) is 0. The van der Waals surface area contributed by atoms with Crippen molar-refractivity contribution in [2.45, 2.75) is 92.0 Å². The lowest BCUT2D eigenvalue weighted by Crippen LogP contribution is -2.72.